The molecule has 0 bridgehead atoms. The predicted octanol–water partition coefficient (Wildman–Crippen LogP) is 1.76. The number of rotatable bonds is 3. The van der Waals surface area contributed by atoms with E-state index < -0.39 is 0 Å². The summed E-state index contributed by atoms with van der Waals surface area (Å²) in [5.74, 6) is 0.0223. The van der Waals surface area contributed by atoms with Crippen LogP contribution in [0.4, 0.5) is 5.13 Å². The molecule has 1 aliphatic heterocycles. The van der Waals surface area contributed by atoms with Crippen LogP contribution in [0, 0.1) is 0 Å². The summed E-state index contributed by atoms with van der Waals surface area (Å²) in [5.41, 5.74) is 1.19. The molecule has 2 heterocycles. The maximum atomic E-state index is 12.0. The van der Waals surface area contributed by atoms with Gasteiger partial charge >= 0.3 is 0 Å². The van der Waals surface area contributed by atoms with Crippen LogP contribution in [0.1, 0.15) is 29.8 Å². The van der Waals surface area contributed by atoms with Crippen LogP contribution in [0.15, 0.2) is 0 Å². The number of carbonyl (C=O) groups excluding carboxylic acids is 1. The number of nitrogens with zero attached hydrogens (tertiary/aromatic N) is 1. The normalized spacial score (nSPS) is 21.7. The number of aryl methyl sites for hydroxylation is 2. The highest BCUT2D eigenvalue weighted by atomic mass is 35.5. The molecule has 3 rings (SSSR count). The highest BCUT2D eigenvalue weighted by Gasteiger charge is 2.19. The van der Waals surface area contributed by atoms with Gasteiger partial charge in [-0.15, -0.1) is 23.7 Å². The van der Waals surface area contributed by atoms with Crippen LogP contribution in [0.3, 0.4) is 0 Å². The average Bonchev–Trinajstić information content (AvgIpc) is 2.81. The molecule has 1 unspecified atom stereocenters. The molecule has 0 radical (unpaired) electrons. The number of hydrogen-bond donors (Lipinski definition) is 2. The average molecular weight is 318 g/mol. The molecule has 1 aliphatic carbocycles. The molecule has 1 aromatic rings. The monoisotopic (exact) mass is 317 g/mol. The second-order valence-electron chi connectivity index (χ2n) is 5.07. The molecule has 0 aromatic carbocycles. The van der Waals surface area contributed by atoms with Crippen LogP contribution in [0.25, 0.3) is 0 Å². The van der Waals surface area contributed by atoms with Gasteiger partial charge < -0.3 is 15.4 Å². The highest BCUT2D eigenvalue weighted by molar-refractivity contribution is 7.15. The SMILES string of the molecule is Cl.O=C(CC1COCCN1)Nc1nc2c(s1)CCCC2. The number of fused-ring (bicyclic) bond motifs is 1. The first kappa shape index (κ1) is 15.7. The Kier molecular flexibility index (Phi) is 5.77. The topological polar surface area (TPSA) is 63.2 Å². The van der Waals surface area contributed by atoms with Crippen molar-refractivity contribution in [3.05, 3.63) is 10.6 Å². The summed E-state index contributed by atoms with van der Waals surface area (Å²) in [6.45, 7) is 2.17. The van der Waals surface area contributed by atoms with Gasteiger partial charge in [-0.3, -0.25) is 4.79 Å². The van der Waals surface area contributed by atoms with Crippen LogP contribution < -0.4 is 10.6 Å². The van der Waals surface area contributed by atoms with Crippen molar-refractivity contribution in [1.29, 1.82) is 0 Å². The Morgan fingerprint density at radius 2 is 2.30 bits per heavy atom. The fourth-order valence-electron chi connectivity index (χ4n) is 2.55. The Bertz CT molecular complexity index is 437. The molecule has 0 spiro atoms. The van der Waals surface area contributed by atoms with E-state index in [4.69, 9.17) is 4.74 Å². The number of aromatic nitrogens is 1. The first-order chi connectivity index (χ1) is 9.31. The number of hydrogen-bond acceptors (Lipinski definition) is 5. The number of nitrogens with one attached hydrogen (secondary N) is 2. The van der Waals surface area contributed by atoms with Crippen molar-refractivity contribution in [2.75, 3.05) is 25.1 Å². The number of ether oxygens (including phenoxy) is 1. The minimum Gasteiger partial charge on any atom is -0.378 e. The van der Waals surface area contributed by atoms with Gasteiger partial charge in [0.1, 0.15) is 0 Å². The van der Waals surface area contributed by atoms with E-state index in [9.17, 15) is 4.79 Å². The van der Waals surface area contributed by atoms with Crippen molar-refractivity contribution < 1.29 is 9.53 Å². The summed E-state index contributed by atoms with van der Waals surface area (Å²) in [6, 6.07) is 0.128. The third-order valence-corrected chi connectivity index (χ3v) is 4.60. The second-order valence-corrected chi connectivity index (χ2v) is 6.16. The van der Waals surface area contributed by atoms with Crippen molar-refractivity contribution in [1.82, 2.24) is 10.3 Å². The molecule has 1 amide bonds. The minimum atomic E-state index is 0. The summed E-state index contributed by atoms with van der Waals surface area (Å²) in [4.78, 5) is 17.8. The summed E-state index contributed by atoms with van der Waals surface area (Å²) in [5, 5.41) is 6.96. The van der Waals surface area contributed by atoms with E-state index in [1.807, 2.05) is 0 Å². The minimum absolute atomic E-state index is 0. The van der Waals surface area contributed by atoms with Gasteiger partial charge in [0.15, 0.2) is 5.13 Å². The van der Waals surface area contributed by atoms with Crippen molar-refractivity contribution in [3.63, 3.8) is 0 Å². The Hall–Kier alpha value is -0.690. The van der Waals surface area contributed by atoms with Gasteiger partial charge in [0.2, 0.25) is 5.91 Å². The van der Waals surface area contributed by atoms with Gasteiger partial charge in [-0.05, 0) is 25.7 Å². The molecule has 2 N–H and O–H groups in total. The predicted molar refractivity (Wildman–Crippen MR) is 81.9 cm³/mol. The maximum absolute atomic E-state index is 12.0. The van der Waals surface area contributed by atoms with Gasteiger partial charge in [-0.1, -0.05) is 0 Å². The summed E-state index contributed by atoms with van der Waals surface area (Å²) >= 11 is 1.63. The third kappa shape index (κ3) is 3.91. The molecule has 112 valence electrons. The number of amides is 1. The first-order valence-corrected chi connectivity index (χ1v) is 7.72. The van der Waals surface area contributed by atoms with E-state index in [1.165, 1.54) is 23.4 Å². The second kappa shape index (κ2) is 7.36. The number of morpholine rings is 1. The number of carbonyl (C=O) groups is 1. The van der Waals surface area contributed by atoms with E-state index in [-0.39, 0.29) is 24.4 Å². The molecule has 20 heavy (non-hydrogen) atoms. The van der Waals surface area contributed by atoms with Crippen molar-refractivity contribution in [2.24, 2.45) is 0 Å². The largest absolute Gasteiger partial charge is 0.378 e. The highest BCUT2D eigenvalue weighted by Crippen LogP contribution is 2.29. The summed E-state index contributed by atoms with van der Waals surface area (Å²) in [7, 11) is 0. The zero-order valence-corrected chi connectivity index (χ0v) is 12.9. The zero-order valence-electron chi connectivity index (χ0n) is 11.3. The molecule has 2 aliphatic rings. The van der Waals surface area contributed by atoms with Gasteiger partial charge in [0, 0.05) is 23.9 Å². The molecule has 1 saturated heterocycles. The summed E-state index contributed by atoms with van der Waals surface area (Å²) in [6.07, 6.45) is 5.07. The van der Waals surface area contributed by atoms with Crippen LogP contribution in [0.2, 0.25) is 0 Å². The van der Waals surface area contributed by atoms with Gasteiger partial charge in [0.25, 0.3) is 0 Å². The Morgan fingerprint density at radius 1 is 1.45 bits per heavy atom. The standard InChI is InChI=1S/C13H19N3O2S.ClH/c17-12(7-9-8-18-6-5-14-9)16-13-15-10-3-1-2-4-11(10)19-13;/h9,14H,1-8H2,(H,15,16,17);1H. The lowest BCUT2D eigenvalue weighted by Crippen LogP contribution is -2.43. The van der Waals surface area contributed by atoms with Gasteiger partial charge in [-0.2, -0.15) is 0 Å². The Morgan fingerprint density at radius 3 is 3.05 bits per heavy atom. The van der Waals surface area contributed by atoms with E-state index in [1.54, 1.807) is 11.3 Å². The first-order valence-electron chi connectivity index (χ1n) is 6.91. The number of halogens is 1. The van der Waals surface area contributed by atoms with Gasteiger partial charge in [0.05, 0.1) is 18.9 Å². The molecule has 1 fully saturated rings. The van der Waals surface area contributed by atoms with Crippen LogP contribution in [-0.4, -0.2) is 36.7 Å². The quantitative estimate of drug-likeness (QED) is 0.891. The molecular formula is C13H20ClN3O2S. The molecule has 1 aromatic heterocycles. The molecular weight excluding hydrogens is 298 g/mol. The molecule has 0 saturated carbocycles. The Balaban J connectivity index is 0.00000147. The fourth-order valence-corrected chi connectivity index (χ4v) is 3.62. The fraction of sp³-hybridized carbons (Fsp3) is 0.692. The lowest BCUT2D eigenvalue weighted by atomic mass is 10.0. The van der Waals surface area contributed by atoms with Crippen molar-refractivity contribution >= 4 is 34.8 Å². The number of anilines is 1. The zero-order chi connectivity index (χ0) is 13.1. The molecule has 7 heteroatoms. The van der Waals surface area contributed by atoms with E-state index in [0.29, 0.717) is 13.0 Å². The molecule has 1 atom stereocenters. The smallest absolute Gasteiger partial charge is 0.227 e. The third-order valence-electron chi connectivity index (χ3n) is 3.52. The van der Waals surface area contributed by atoms with Crippen LogP contribution in [-0.2, 0) is 22.4 Å². The van der Waals surface area contributed by atoms with Crippen LogP contribution >= 0.6 is 23.7 Å². The van der Waals surface area contributed by atoms with E-state index in [2.05, 4.69) is 15.6 Å². The maximum Gasteiger partial charge on any atom is 0.227 e. The lowest BCUT2D eigenvalue weighted by Gasteiger charge is -2.22. The Labute approximate surface area is 128 Å². The lowest BCUT2D eigenvalue weighted by molar-refractivity contribution is -0.117. The van der Waals surface area contributed by atoms with Crippen LogP contribution in [0.5, 0.6) is 0 Å². The van der Waals surface area contributed by atoms with Crippen molar-refractivity contribution in [2.45, 2.75) is 38.1 Å². The number of thiazole rings is 1. The van der Waals surface area contributed by atoms with Crippen molar-refractivity contribution in [3.8, 4) is 0 Å². The molecule has 5 nitrogen and oxygen atoms in total. The van der Waals surface area contributed by atoms with E-state index in [0.717, 1.165) is 31.1 Å². The van der Waals surface area contributed by atoms with Gasteiger partial charge in [-0.25, -0.2) is 4.98 Å². The van der Waals surface area contributed by atoms with E-state index >= 15 is 0 Å². The summed E-state index contributed by atoms with van der Waals surface area (Å²) < 4.78 is 5.34.